The highest BCUT2D eigenvalue weighted by atomic mass is 35.5. The van der Waals surface area contributed by atoms with Crippen LogP contribution in [0.25, 0.3) is 0 Å². The lowest BCUT2D eigenvalue weighted by atomic mass is 10.7. The fourth-order valence-electron chi connectivity index (χ4n) is 0.0514. The molecular formula is C2H3ClF3NO. The van der Waals surface area contributed by atoms with E-state index in [0.29, 0.717) is 0 Å². The average Bonchev–Trinajstić information content (AvgIpc) is 1.67. The first-order valence-electron chi connectivity index (χ1n) is 1.54. The molecule has 0 aromatic carbocycles. The number of alkyl halides is 4. The lowest BCUT2D eigenvalue weighted by molar-refractivity contribution is -0.259. The molecule has 0 spiro atoms. The van der Waals surface area contributed by atoms with Crippen molar-refractivity contribution in [3.63, 3.8) is 0 Å². The van der Waals surface area contributed by atoms with Crippen molar-refractivity contribution in [1.29, 1.82) is 0 Å². The Labute approximate surface area is 48.3 Å². The Bertz CT molecular complexity index is 77.7. The van der Waals surface area contributed by atoms with E-state index in [1.165, 1.54) is 0 Å². The number of nitrogens with two attached hydrogens (primary N) is 1. The minimum Gasteiger partial charge on any atom is -0.232 e. The Morgan fingerprint density at radius 1 is 1.62 bits per heavy atom. The summed E-state index contributed by atoms with van der Waals surface area (Å²) in [6, 6.07) is 0. The molecule has 0 aliphatic carbocycles. The van der Waals surface area contributed by atoms with E-state index < -0.39 is 11.7 Å². The van der Waals surface area contributed by atoms with E-state index in [1.54, 1.807) is 0 Å². The van der Waals surface area contributed by atoms with Crippen molar-refractivity contribution in [2.75, 3.05) is 0 Å². The van der Waals surface area contributed by atoms with Gasteiger partial charge in [-0.1, -0.05) is 11.6 Å². The number of rotatable bonds is 2. The standard InChI is InChI=1S/C2H3ClF3NO/c3-1(4)2(5,6)8-7/h1H,7H2. The van der Waals surface area contributed by atoms with Crippen LogP contribution in [-0.2, 0) is 4.84 Å². The van der Waals surface area contributed by atoms with Crippen LogP contribution in [0.2, 0.25) is 0 Å². The van der Waals surface area contributed by atoms with Crippen molar-refractivity contribution in [2.24, 2.45) is 5.90 Å². The van der Waals surface area contributed by atoms with E-state index in [-0.39, 0.29) is 0 Å². The fourth-order valence-corrected chi connectivity index (χ4v) is 0.103. The zero-order chi connectivity index (χ0) is 6.78. The minimum atomic E-state index is -4.08. The Hall–Kier alpha value is -0.0000000000000000555. The maximum Gasteiger partial charge on any atom is 0.415 e. The highest BCUT2D eigenvalue weighted by molar-refractivity contribution is 6.20. The van der Waals surface area contributed by atoms with Crippen LogP contribution >= 0.6 is 11.6 Å². The van der Waals surface area contributed by atoms with Crippen molar-refractivity contribution in [3.05, 3.63) is 0 Å². The first kappa shape index (κ1) is 8.00. The van der Waals surface area contributed by atoms with Crippen molar-refractivity contribution in [3.8, 4) is 0 Å². The molecule has 0 radical (unpaired) electrons. The van der Waals surface area contributed by atoms with E-state index >= 15 is 0 Å². The molecule has 0 heterocycles. The summed E-state index contributed by atoms with van der Waals surface area (Å²) >= 11 is 4.25. The van der Waals surface area contributed by atoms with Gasteiger partial charge in [0, 0.05) is 0 Å². The van der Waals surface area contributed by atoms with Crippen LogP contribution in [0.1, 0.15) is 0 Å². The van der Waals surface area contributed by atoms with Crippen LogP contribution in [-0.4, -0.2) is 11.7 Å². The van der Waals surface area contributed by atoms with Crippen molar-refractivity contribution in [2.45, 2.75) is 11.7 Å². The lowest BCUT2D eigenvalue weighted by Crippen LogP contribution is -2.32. The maximum absolute atomic E-state index is 11.4. The molecule has 2 nitrogen and oxygen atoms in total. The van der Waals surface area contributed by atoms with Crippen LogP contribution in [0.15, 0.2) is 0 Å². The Balaban J connectivity index is 3.71. The molecule has 0 rings (SSSR count). The lowest BCUT2D eigenvalue weighted by Gasteiger charge is -2.10. The molecule has 0 aliphatic rings. The average molecular weight is 149 g/mol. The second-order valence-corrected chi connectivity index (χ2v) is 1.36. The predicted molar refractivity (Wildman–Crippen MR) is 21.0 cm³/mol. The molecule has 0 aromatic heterocycles. The van der Waals surface area contributed by atoms with Gasteiger partial charge in [-0.25, -0.2) is 15.1 Å². The quantitative estimate of drug-likeness (QED) is 0.470. The van der Waals surface area contributed by atoms with Gasteiger partial charge in [0.25, 0.3) is 5.63 Å². The Kier molecular flexibility index (Phi) is 2.52. The van der Waals surface area contributed by atoms with Crippen molar-refractivity contribution < 1.29 is 18.0 Å². The van der Waals surface area contributed by atoms with Gasteiger partial charge in [-0.15, -0.1) is 0 Å². The van der Waals surface area contributed by atoms with Gasteiger partial charge >= 0.3 is 6.11 Å². The number of hydrogen-bond donors (Lipinski definition) is 1. The second kappa shape index (κ2) is 2.52. The van der Waals surface area contributed by atoms with Gasteiger partial charge in [-0.05, 0) is 0 Å². The van der Waals surface area contributed by atoms with Crippen molar-refractivity contribution >= 4 is 11.6 Å². The zero-order valence-electron chi connectivity index (χ0n) is 3.57. The molecule has 50 valence electrons. The first-order chi connectivity index (χ1) is 3.50. The summed E-state index contributed by atoms with van der Waals surface area (Å²) in [5.74, 6) is 3.93. The van der Waals surface area contributed by atoms with Gasteiger partial charge in [0.05, 0.1) is 0 Å². The van der Waals surface area contributed by atoms with Gasteiger partial charge in [0.2, 0.25) is 0 Å². The molecule has 2 N–H and O–H groups in total. The molecule has 0 saturated carbocycles. The van der Waals surface area contributed by atoms with Gasteiger partial charge in [-0.2, -0.15) is 8.78 Å². The molecule has 0 aromatic rings. The second-order valence-electron chi connectivity index (χ2n) is 0.980. The Morgan fingerprint density at radius 2 is 2.00 bits per heavy atom. The number of hydrogen-bond acceptors (Lipinski definition) is 2. The minimum absolute atomic E-state index is 2.86. The van der Waals surface area contributed by atoms with Gasteiger partial charge in [-0.3, -0.25) is 0 Å². The molecule has 0 saturated heterocycles. The van der Waals surface area contributed by atoms with Gasteiger partial charge in [0.15, 0.2) is 0 Å². The summed E-state index contributed by atoms with van der Waals surface area (Å²) in [4.78, 5) is 2.86. The first-order valence-corrected chi connectivity index (χ1v) is 1.98. The predicted octanol–water partition coefficient (Wildman–Crippen LogP) is 1.00. The summed E-state index contributed by atoms with van der Waals surface area (Å²) < 4.78 is 34.1. The molecule has 1 atom stereocenters. The van der Waals surface area contributed by atoms with Gasteiger partial charge in [0.1, 0.15) is 0 Å². The van der Waals surface area contributed by atoms with Crippen LogP contribution in [0.3, 0.4) is 0 Å². The van der Waals surface area contributed by atoms with E-state index in [1.807, 2.05) is 0 Å². The molecule has 1 unspecified atom stereocenters. The van der Waals surface area contributed by atoms with Crippen LogP contribution in [0.5, 0.6) is 0 Å². The molecule has 0 bridgehead atoms. The molecule has 8 heavy (non-hydrogen) atoms. The highest BCUT2D eigenvalue weighted by Gasteiger charge is 2.39. The van der Waals surface area contributed by atoms with Crippen LogP contribution in [0.4, 0.5) is 13.2 Å². The topological polar surface area (TPSA) is 35.2 Å². The van der Waals surface area contributed by atoms with Crippen molar-refractivity contribution in [1.82, 2.24) is 0 Å². The Morgan fingerprint density at radius 3 is 2.00 bits per heavy atom. The maximum atomic E-state index is 11.4. The largest absolute Gasteiger partial charge is 0.415 e. The molecule has 0 fully saturated rings. The summed E-state index contributed by atoms with van der Waals surface area (Å²) in [6.07, 6.45) is -4.08. The summed E-state index contributed by atoms with van der Waals surface area (Å²) in [6.45, 7) is 0. The summed E-state index contributed by atoms with van der Waals surface area (Å²) in [5.41, 5.74) is -2.90. The van der Waals surface area contributed by atoms with E-state index in [2.05, 4.69) is 22.3 Å². The SMILES string of the molecule is NOC(F)(F)C(F)Cl. The van der Waals surface area contributed by atoms with E-state index in [4.69, 9.17) is 0 Å². The van der Waals surface area contributed by atoms with Crippen LogP contribution < -0.4 is 5.90 Å². The summed E-state index contributed by atoms with van der Waals surface area (Å²) in [5, 5.41) is 0. The van der Waals surface area contributed by atoms with E-state index in [9.17, 15) is 13.2 Å². The molecule has 6 heteroatoms. The third-order valence-corrected chi connectivity index (χ3v) is 0.665. The van der Waals surface area contributed by atoms with Crippen LogP contribution in [0, 0.1) is 0 Å². The normalized spacial score (nSPS) is 16.1. The summed E-state index contributed by atoms with van der Waals surface area (Å²) in [7, 11) is 0. The van der Waals surface area contributed by atoms with E-state index in [0.717, 1.165) is 0 Å². The molecule has 0 aliphatic heterocycles. The fraction of sp³-hybridized carbons (Fsp3) is 1.00. The smallest absolute Gasteiger partial charge is 0.232 e. The zero-order valence-corrected chi connectivity index (χ0v) is 4.33. The molecular weight excluding hydrogens is 146 g/mol. The number of halogens is 4. The third kappa shape index (κ3) is 1.85. The van der Waals surface area contributed by atoms with Gasteiger partial charge < -0.3 is 0 Å². The monoisotopic (exact) mass is 149 g/mol. The molecule has 0 amide bonds. The highest BCUT2D eigenvalue weighted by Crippen LogP contribution is 2.23. The third-order valence-electron chi connectivity index (χ3n) is 0.411.